The van der Waals surface area contributed by atoms with Crippen LogP contribution >= 0.6 is 0 Å². The molecule has 4 unspecified atom stereocenters. The molecule has 1 N–H and O–H groups in total. The molecule has 0 bridgehead atoms. The number of benzene rings is 1. The lowest BCUT2D eigenvalue weighted by Gasteiger charge is -2.51. The van der Waals surface area contributed by atoms with E-state index < -0.39 is 71.4 Å². The van der Waals surface area contributed by atoms with Crippen LogP contribution in [0.5, 0.6) is 0 Å². The van der Waals surface area contributed by atoms with Crippen molar-refractivity contribution >= 4 is 11.0 Å². The standard InChI is InChI=1S/C31H43FN4O3/c1-17(2)25-22(28(37)36-14-9-13-31(8,38)29(36)33-25)16-18(3)35-15-12-23(30(6,7)20(35)5)26-21-10-11-24(32)19(4)27(21)39-34-26/h10-11,17-18,20,23,38H,9,12-16H2,1-8H3/i9D2,13D2,14D2,16D2. The Bertz CT molecular complexity index is 1800. The first-order chi connectivity index (χ1) is 21.3. The zero-order chi connectivity index (χ0) is 35.6. The third kappa shape index (κ3) is 4.53. The van der Waals surface area contributed by atoms with Gasteiger partial charge in [0.2, 0.25) is 0 Å². The number of halogens is 1. The fraction of sp³-hybridized carbons (Fsp3) is 0.645. The molecule has 212 valence electrons. The molecule has 2 aromatic heterocycles. The first kappa shape index (κ1) is 19.5. The Morgan fingerprint density at radius 1 is 1.31 bits per heavy atom. The van der Waals surface area contributed by atoms with E-state index in [1.165, 1.54) is 6.07 Å². The summed E-state index contributed by atoms with van der Waals surface area (Å²) in [6.07, 6.45) is -8.51. The van der Waals surface area contributed by atoms with Gasteiger partial charge < -0.3 is 9.63 Å². The van der Waals surface area contributed by atoms with E-state index in [0.717, 1.165) is 12.3 Å². The van der Waals surface area contributed by atoms with Crippen molar-refractivity contribution in [3.8, 4) is 0 Å². The molecule has 0 radical (unpaired) electrons. The molecule has 7 nitrogen and oxygen atoms in total. The zero-order valence-electron chi connectivity index (χ0n) is 31.8. The van der Waals surface area contributed by atoms with Crippen LogP contribution < -0.4 is 5.56 Å². The molecule has 4 atom stereocenters. The molecule has 4 heterocycles. The molecule has 39 heavy (non-hydrogen) atoms. The predicted octanol–water partition coefficient (Wildman–Crippen LogP) is 5.79. The van der Waals surface area contributed by atoms with Crippen molar-refractivity contribution in [2.45, 2.75) is 117 Å². The van der Waals surface area contributed by atoms with Gasteiger partial charge in [-0.25, -0.2) is 9.37 Å². The lowest BCUT2D eigenvalue weighted by molar-refractivity contribution is 0.00200. The van der Waals surface area contributed by atoms with Crippen molar-refractivity contribution < 1.29 is 25.0 Å². The van der Waals surface area contributed by atoms with Crippen LogP contribution in [0, 0.1) is 18.2 Å². The summed E-state index contributed by atoms with van der Waals surface area (Å²) >= 11 is 0. The Morgan fingerprint density at radius 3 is 2.72 bits per heavy atom. The molecule has 0 saturated carbocycles. The second-order valence-electron chi connectivity index (χ2n) is 11.9. The monoisotopic (exact) mass is 546 g/mol. The van der Waals surface area contributed by atoms with Gasteiger partial charge in [0.05, 0.1) is 11.4 Å². The minimum atomic E-state index is -3.40. The van der Waals surface area contributed by atoms with E-state index in [-0.39, 0.29) is 17.7 Å². The molecule has 2 aliphatic rings. The molecular weight excluding hydrogens is 495 g/mol. The van der Waals surface area contributed by atoms with Crippen LogP contribution in [-0.2, 0) is 18.5 Å². The van der Waals surface area contributed by atoms with Gasteiger partial charge in [-0.3, -0.25) is 14.3 Å². The lowest BCUT2D eigenvalue weighted by Crippen LogP contribution is -2.55. The van der Waals surface area contributed by atoms with Crippen molar-refractivity contribution in [3.05, 3.63) is 56.6 Å². The molecule has 2 aliphatic heterocycles. The smallest absolute Gasteiger partial charge is 0.257 e. The largest absolute Gasteiger partial charge is 0.382 e. The highest BCUT2D eigenvalue weighted by molar-refractivity contribution is 5.83. The normalized spacial score (nSPS) is 33.5. The van der Waals surface area contributed by atoms with Gasteiger partial charge in [0.15, 0.2) is 5.58 Å². The topological polar surface area (TPSA) is 84.4 Å². The second kappa shape index (κ2) is 9.81. The Labute approximate surface area is 241 Å². The number of hydrogen-bond acceptors (Lipinski definition) is 6. The SMILES string of the molecule is [2H]C([2H])(c1c(C(C)C)nc2n(c1=O)C([2H])([2H])C([2H])([2H])C([2H])([2H])C2(C)O)C(C)N1CCC(c2noc3c(C)c(F)ccc23)C(C)(C)C1C. The fourth-order valence-corrected chi connectivity index (χ4v) is 6.04. The van der Waals surface area contributed by atoms with Crippen LogP contribution in [0.4, 0.5) is 4.39 Å². The summed E-state index contributed by atoms with van der Waals surface area (Å²) in [7, 11) is 0. The number of rotatable bonds is 5. The quantitative estimate of drug-likeness (QED) is 0.436. The molecular formula is C31H43FN4O3. The highest BCUT2D eigenvalue weighted by Crippen LogP contribution is 2.48. The summed E-state index contributed by atoms with van der Waals surface area (Å²) in [6.45, 7) is 10.6. The Hall–Kier alpha value is -2.58. The van der Waals surface area contributed by atoms with E-state index in [1.54, 1.807) is 33.8 Å². The van der Waals surface area contributed by atoms with Gasteiger partial charge in [-0.05, 0) is 83.2 Å². The molecule has 8 heteroatoms. The zero-order valence-corrected chi connectivity index (χ0v) is 23.8. The summed E-state index contributed by atoms with van der Waals surface area (Å²) in [6, 6.07) is 1.79. The fourth-order valence-electron chi connectivity index (χ4n) is 6.04. The third-order valence-electron chi connectivity index (χ3n) is 8.75. The highest BCUT2D eigenvalue weighted by Gasteiger charge is 2.46. The number of aliphatic hydroxyl groups is 1. The van der Waals surface area contributed by atoms with Crippen molar-refractivity contribution in [3.63, 3.8) is 0 Å². The molecule has 3 aromatic rings. The van der Waals surface area contributed by atoms with E-state index in [1.807, 2.05) is 25.7 Å². The number of aromatic nitrogens is 3. The second-order valence-corrected chi connectivity index (χ2v) is 11.9. The van der Waals surface area contributed by atoms with E-state index in [9.17, 15) is 17.0 Å². The van der Waals surface area contributed by atoms with Gasteiger partial charge in [0.1, 0.15) is 17.2 Å². The first-order valence-electron chi connectivity index (χ1n) is 17.5. The van der Waals surface area contributed by atoms with Crippen LogP contribution in [0.3, 0.4) is 0 Å². The van der Waals surface area contributed by atoms with Crippen LogP contribution in [0.25, 0.3) is 11.0 Å². The van der Waals surface area contributed by atoms with Gasteiger partial charge in [-0.1, -0.05) is 32.9 Å². The minimum Gasteiger partial charge on any atom is -0.382 e. The maximum absolute atomic E-state index is 14.3. The summed E-state index contributed by atoms with van der Waals surface area (Å²) in [5.41, 5.74) is -3.54. The van der Waals surface area contributed by atoms with Gasteiger partial charge in [-0.2, -0.15) is 0 Å². The average molecular weight is 547 g/mol. The molecule has 0 amide bonds. The van der Waals surface area contributed by atoms with Gasteiger partial charge in [-0.15, -0.1) is 0 Å². The number of likely N-dealkylation sites (tertiary alicyclic amines) is 1. The lowest BCUT2D eigenvalue weighted by atomic mass is 9.66. The Morgan fingerprint density at radius 2 is 2.03 bits per heavy atom. The molecule has 1 aromatic carbocycles. The van der Waals surface area contributed by atoms with E-state index in [0.29, 0.717) is 34.4 Å². The van der Waals surface area contributed by atoms with Crippen molar-refractivity contribution in [2.75, 3.05) is 6.54 Å². The maximum Gasteiger partial charge on any atom is 0.257 e. The highest BCUT2D eigenvalue weighted by atomic mass is 19.1. The summed E-state index contributed by atoms with van der Waals surface area (Å²) in [4.78, 5) is 20.7. The minimum absolute atomic E-state index is 0.0640. The number of aryl methyl sites for hydroxylation is 1. The molecule has 1 fully saturated rings. The predicted molar refractivity (Wildman–Crippen MR) is 151 cm³/mol. The van der Waals surface area contributed by atoms with Crippen LogP contribution in [0.1, 0.15) is 119 Å². The van der Waals surface area contributed by atoms with E-state index >= 15 is 0 Å². The molecule has 0 aliphatic carbocycles. The van der Waals surface area contributed by atoms with E-state index in [4.69, 9.17) is 12.7 Å². The number of fused-ring (bicyclic) bond motifs is 2. The van der Waals surface area contributed by atoms with E-state index in [2.05, 4.69) is 10.1 Å². The molecule has 0 spiro atoms. The Balaban J connectivity index is 1.61. The maximum atomic E-state index is 14.3. The summed E-state index contributed by atoms with van der Waals surface area (Å²) in [5.74, 6) is -1.82. The van der Waals surface area contributed by atoms with Crippen LogP contribution in [0.2, 0.25) is 0 Å². The van der Waals surface area contributed by atoms with Gasteiger partial charge in [0, 0.05) is 52.0 Å². The van der Waals surface area contributed by atoms with Crippen molar-refractivity contribution in [1.82, 2.24) is 19.6 Å². The number of piperidine rings is 1. The number of nitrogens with zero attached hydrogens (tertiary/aromatic N) is 4. The third-order valence-corrected chi connectivity index (χ3v) is 8.75. The van der Waals surface area contributed by atoms with Crippen LogP contribution in [0.15, 0.2) is 21.5 Å². The Kier molecular flexibility index (Phi) is 4.90. The number of hydrogen-bond donors (Lipinski definition) is 1. The van der Waals surface area contributed by atoms with Crippen LogP contribution in [-0.4, -0.2) is 43.3 Å². The summed E-state index contributed by atoms with van der Waals surface area (Å²) in [5, 5.41) is 16.4. The van der Waals surface area contributed by atoms with Crippen molar-refractivity contribution in [1.29, 1.82) is 0 Å². The molecule has 1 saturated heterocycles. The summed E-state index contributed by atoms with van der Waals surface area (Å²) < 4.78 is 89.7. The molecule has 5 rings (SSSR count). The van der Waals surface area contributed by atoms with Crippen molar-refractivity contribution in [2.24, 2.45) is 5.41 Å². The average Bonchev–Trinajstić information content (AvgIpc) is 3.38. The van der Waals surface area contributed by atoms with Gasteiger partial charge in [0.25, 0.3) is 5.56 Å². The first-order valence-corrected chi connectivity index (χ1v) is 13.5. The van der Waals surface area contributed by atoms with Gasteiger partial charge >= 0.3 is 0 Å².